The van der Waals surface area contributed by atoms with E-state index in [1.165, 1.54) is 12.1 Å². The number of halogens is 1. The fourth-order valence-corrected chi connectivity index (χ4v) is 3.91. The number of piperazine rings is 1. The molecule has 0 spiro atoms. The van der Waals surface area contributed by atoms with Gasteiger partial charge in [0.25, 0.3) is 0 Å². The summed E-state index contributed by atoms with van der Waals surface area (Å²) >= 11 is 1.60. The summed E-state index contributed by atoms with van der Waals surface area (Å²) in [6, 6.07) is 6.89. The van der Waals surface area contributed by atoms with Crippen LogP contribution in [0.2, 0.25) is 0 Å². The Bertz CT molecular complexity index is 661. The highest BCUT2D eigenvalue weighted by molar-refractivity contribution is 7.15. The lowest BCUT2D eigenvalue weighted by Gasteiger charge is -2.40. The Morgan fingerprint density at radius 3 is 2.71 bits per heavy atom. The fourth-order valence-electron chi connectivity index (χ4n) is 3.00. The molecule has 1 fully saturated rings. The summed E-state index contributed by atoms with van der Waals surface area (Å²) in [5.41, 5.74) is 1.04. The molecule has 24 heavy (non-hydrogen) atoms. The number of benzene rings is 1. The zero-order valence-electron chi connectivity index (χ0n) is 14.0. The highest BCUT2D eigenvalue weighted by Gasteiger charge is 2.26. The average molecular weight is 350 g/mol. The van der Waals surface area contributed by atoms with Crippen molar-refractivity contribution in [2.45, 2.75) is 32.4 Å². The van der Waals surface area contributed by atoms with E-state index in [1.807, 2.05) is 6.92 Å². The molecule has 1 aliphatic heterocycles. The number of β-amino-alcohol motifs (C(OH)–C–C–N with tert-alkyl or cyclic N) is 1. The Balaban J connectivity index is 1.60. The number of aromatic nitrogens is 2. The van der Waals surface area contributed by atoms with Crippen molar-refractivity contribution >= 4 is 16.5 Å². The molecule has 0 amide bonds. The highest BCUT2D eigenvalue weighted by Crippen LogP contribution is 2.25. The molecule has 0 aliphatic carbocycles. The first-order valence-electron chi connectivity index (χ1n) is 8.25. The third-order valence-corrected chi connectivity index (χ3v) is 5.24. The second-order valence-electron chi connectivity index (χ2n) is 6.42. The zero-order chi connectivity index (χ0) is 17.1. The van der Waals surface area contributed by atoms with Crippen molar-refractivity contribution in [3.8, 4) is 0 Å². The van der Waals surface area contributed by atoms with Crippen LogP contribution in [0, 0.1) is 5.82 Å². The van der Waals surface area contributed by atoms with Crippen LogP contribution in [0.4, 0.5) is 9.52 Å². The van der Waals surface area contributed by atoms with Gasteiger partial charge in [-0.15, -0.1) is 10.2 Å². The number of aliphatic hydroxyl groups is 1. The lowest BCUT2D eigenvalue weighted by atomic mass is 10.2. The zero-order valence-corrected chi connectivity index (χ0v) is 14.8. The third-order valence-electron chi connectivity index (χ3n) is 4.26. The molecule has 1 saturated heterocycles. The largest absolute Gasteiger partial charge is 0.392 e. The van der Waals surface area contributed by atoms with Crippen molar-refractivity contribution in [1.29, 1.82) is 0 Å². The van der Waals surface area contributed by atoms with Gasteiger partial charge in [0, 0.05) is 38.6 Å². The molecule has 5 nitrogen and oxygen atoms in total. The smallest absolute Gasteiger partial charge is 0.208 e. The SMILES string of the molecule is CC(O)CN1CCN(c2nnc(Cc3ccc(F)cc3)s2)CC1C. The average Bonchev–Trinajstić information content (AvgIpc) is 3.00. The molecule has 2 atom stereocenters. The summed E-state index contributed by atoms with van der Waals surface area (Å²) in [4.78, 5) is 4.57. The highest BCUT2D eigenvalue weighted by atomic mass is 32.1. The van der Waals surface area contributed by atoms with Gasteiger partial charge in [-0.3, -0.25) is 4.90 Å². The minimum Gasteiger partial charge on any atom is -0.392 e. The maximum atomic E-state index is 13.0. The summed E-state index contributed by atoms with van der Waals surface area (Å²) < 4.78 is 13.0. The lowest BCUT2D eigenvalue weighted by molar-refractivity contribution is 0.0960. The summed E-state index contributed by atoms with van der Waals surface area (Å²) in [7, 11) is 0. The van der Waals surface area contributed by atoms with Crippen LogP contribution in [0.25, 0.3) is 0 Å². The molecular formula is C17H23FN4OS. The van der Waals surface area contributed by atoms with Crippen LogP contribution in [0.3, 0.4) is 0 Å². The van der Waals surface area contributed by atoms with Crippen LogP contribution in [0.15, 0.2) is 24.3 Å². The van der Waals surface area contributed by atoms with E-state index in [4.69, 9.17) is 0 Å². The van der Waals surface area contributed by atoms with E-state index in [0.717, 1.165) is 35.3 Å². The van der Waals surface area contributed by atoms with E-state index in [0.29, 0.717) is 19.0 Å². The first-order valence-corrected chi connectivity index (χ1v) is 9.07. The van der Waals surface area contributed by atoms with Gasteiger partial charge >= 0.3 is 0 Å². The van der Waals surface area contributed by atoms with Crippen molar-refractivity contribution < 1.29 is 9.50 Å². The Morgan fingerprint density at radius 1 is 1.29 bits per heavy atom. The Morgan fingerprint density at radius 2 is 2.04 bits per heavy atom. The first-order chi connectivity index (χ1) is 11.5. The predicted molar refractivity (Wildman–Crippen MR) is 94.0 cm³/mol. The molecule has 3 rings (SSSR count). The Kier molecular flexibility index (Phi) is 5.43. The van der Waals surface area contributed by atoms with Crippen LogP contribution >= 0.6 is 11.3 Å². The number of hydrogen-bond acceptors (Lipinski definition) is 6. The molecule has 0 saturated carbocycles. The number of rotatable bonds is 5. The van der Waals surface area contributed by atoms with Gasteiger partial charge in [0.2, 0.25) is 5.13 Å². The molecule has 7 heteroatoms. The number of aliphatic hydroxyl groups excluding tert-OH is 1. The van der Waals surface area contributed by atoms with Gasteiger partial charge in [0.05, 0.1) is 6.10 Å². The summed E-state index contributed by atoms with van der Waals surface area (Å²) in [6.45, 7) is 7.40. The quantitative estimate of drug-likeness (QED) is 0.896. The van der Waals surface area contributed by atoms with Crippen molar-refractivity contribution in [1.82, 2.24) is 15.1 Å². The molecule has 2 unspecified atom stereocenters. The maximum absolute atomic E-state index is 13.0. The van der Waals surface area contributed by atoms with Crippen molar-refractivity contribution in [2.24, 2.45) is 0 Å². The van der Waals surface area contributed by atoms with E-state index < -0.39 is 0 Å². The van der Waals surface area contributed by atoms with Crippen molar-refractivity contribution in [3.63, 3.8) is 0 Å². The van der Waals surface area contributed by atoms with Gasteiger partial charge < -0.3 is 10.0 Å². The van der Waals surface area contributed by atoms with Gasteiger partial charge in [-0.1, -0.05) is 23.5 Å². The number of anilines is 1. The molecule has 0 bridgehead atoms. The van der Waals surface area contributed by atoms with Crippen LogP contribution < -0.4 is 4.90 Å². The van der Waals surface area contributed by atoms with E-state index in [9.17, 15) is 9.50 Å². The molecular weight excluding hydrogens is 327 g/mol. The standard InChI is InChI=1S/C17H23FN4OS/c1-12-10-22(8-7-21(12)11-13(2)23)17-20-19-16(24-17)9-14-3-5-15(18)6-4-14/h3-6,12-13,23H,7-11H2,1-2H3. The topological polar surface area (TPSA) is 52.5 Å². The molecule has 1 aromatic heterocycles. The summed E-state index contributed by atoms with van der Waals surface area (Å²) in [5.74, 6) is -0.222. The van der Waals surface area contributed by atoms with E-state index >= 15 is 0 Å². The van der Waals surface area contributed by atoms with Gasteiger partial charge in [-0.25, -0.2) is 4.39 Å². The van der Waals surface area contributed by atoms with Gasteiger partial charge in [0.1, 0.15) is 10.8 Å². The molecule has 1 aromatic carbocycles. The normalized spacial score (nSPS) is 20.3. The van der Waals surface area contributed by atoms with E-state index in [1.54, 1.807) is 23.5 Å². The van der Waals surface area contributed by atoms with Crippen LogP contribution in [-0.2, 0) is 6.42 Å². The molecule has 130 valence electrons. The van der Waals surface area contributed by atoms with Gasteiger partial charge in [-0.05, 0) is 31.5 Å². The summed E-state index contributed by atoms with van der Waals surface area (Å²) in [5, 5.41) is 20.1. The number of nitrogens with zero attached hydrogens (tertiary/aromatic N) is 4. The van der Waals surface area contributed by atoms with Gasteiger partial charge in [0.15, 0.2) is 0 Å². The monoisotopic (exact) mass is 350 g/mol. The molecule has 2 heterocycles. The molecule has 0 radical (unpaired) electrons. The maximum Gasteiger partial charge on any atom is 0.208 e. The lowest BCUT2D eigenvalue weighted by Crippen LogP contribution is -2.53. The van der Waals surface area contributed by atoms with Crippen LogP contribution in [0.1, 0.15) is 24.4 Å². The summed E-state index contributed by atoms with van der Waals surface area (Å²) in [6.07, 6.45) is 0.373. The van der Waals surface area contributed by atoms with E-state index in [2.05, 4.69) is 26.9 Å². The minimum absolute atomic E-state index is 0.222. The number of hydrogen-bond donors (Lipinski definition) is 1. The van der Waals surface area contributed by atoms with Crippen molar-refractivity contribution in [3.05, 3.63) is 40.7 Å². The minimum atomic E-state index is -0.303. The van der Waals surface area contributed by atoms with Crippen LogP contribution in [-0.4, -0.2) is 58.5 Å². The molecule has 1 N–H and O–H groups in total. The molecule has 1 aliphatic rings. The van der Waals surface area contributed by atoms with Crippen LogP contribution in [0.5, 0.6) is 0 Å². The second-order valence-corrected chi connectivity index (χ2v) is 7.46. The van der Waals surface area contributed by atoms with Gasteiger partial charge in [-0.2, -0.15) is 0 Å². The fraction of sp³-hybridized carbons (Fsp3) is 0.529. The predicted octanol–water partition coefficient (Wildman–Crippen LogP) is 2.16. The third kappa shape index (κ3) is 4.28. The Labute approximate surface area is 145 Å². The van der Waals surface area contributed by atoms with E-state index in [-0.39, 0.29) is 11.9 Å². The first kappa shape index (κ1) is 17.3. The van der Waals surface area contributed by atoms with Crippen molar-refractivity contribution in [2.75, 3.05) is 31.1 Å². The second kappa shape index (κ2) is 7.55. The Hall–Kier alpha value is -1.57. The molecule has 2 aromatic rings.